The van der Waals surface area contributed by atoms with Crippen molar-refractivity contribution in [1.82, 2.24) is 14.7 Å². The van der Waals surface area contributed by atoms with E-state index in [2.05, 4.69) is 34.1 Å². The van der Waals surface area contributed by atoms with Crippen molar-refractivity contribution in [3.63, 3.8) is 0 Å². The number of likely N-dealkylation sites (tertiary alicyclic amines) is 2. The normalized spacial score (nSPS) is 31.5. The van der Waals surface area contributed by atoms with Gasteiger partial charge in [0.05, 0.1) is 11.5 Å². The van der Waals surface area contributed by atoms with E-state index in [9.17, 15) is 14.7 Å². The first-order valence-corrected chi connectivity index (χ1v) is 12.4. The van der Waals surface area contributed by atoms with Crippen LogP contribution in [-0.2, 0) is 4.79 Å². The third-order valence-electron chi connectivity index (χ3n) is 8.17. The molecule has 1 spiro atoms. The molecule has 3 saturated heterocycles. The van der Waals surface area contributed by atoms with Crippen LogP contribution in [0.4, 0.5) is 10.5 Å². The second-order valence-corrected chi connectivity index (χ2v) is 10.1. The van der Waals surface area contributed by atoms with Gasteiger partial charge in [0, 0.05) is 57.5 Å². The number of hydrogen-bond acceptors (Lipinski definition) is 4. The van der Waals surface area contributed by atoms with Gasteiger partial charge in [0.15, 0.2) is 0 Å². The fraction of sp³-hybridized carbons (Fsp3) is 0.680. The van der Waals surface area contributed by atoms with Gasteiger partial charge in [-0.2, -0.15) is 0 Å². The van der Waals surface area contributed by atoms with Crippen LogP contribution in [0.3, 0.4) is 0 Å². The molecule has 1 saturated carbocycles. The smallest absolute Gasteiger partial charge is 0.320 e. The van der Waals surface area contributed by atoms with Crippen LogP contribution in [0.25, 0.3) is 0 Å². The maximum atomic E-state index is 13.5. The number of amides is 3. The van der Waals surface area contributed by atoms with Gasteiger partial charge >= 0.3 is 6.03 Å². The second-order valence-electron chi connectivity index (χ2n) is 10.1. The highest BCUT2D eigenvalue weighted by molar-refractivity contribution is 5.86. The molecular weight excluding hydrogens is 404 g/mol. The van der Waals surface area contributed by atoms with Crippen LogP contribution in [0.15, 0.2) is 30.3 Å². The lowest BCUT2D eigenvalue weighted by atomic mass is 9.78. The Morgan fingerprint density at radius 3 is 2.31 bits per heavy atom. The number of aliphatic hydroxyl groups excluding tert-OH is 1. The van der Waals surface area contributed by atoms with E-state index < -0.39 is 5.41 Å². The Morgan fingerprint density at radius 1 is 0.875 bits per heavy atom. The molecule has 4 aliphatic rings. The van der Waals surface area contributed by atoms with Crippen LogP contribution in [0.1, 0.15) is 44.9 Å². The Labute approximate surface area is 190 Å². The predicted molar refractivity (Wildman–Crippen MR) is 123 cm³/mol. The van der Waals surface area contributed by atoms with Crippen molar-refractivity contribution >= 4 is 17.6 Å². The summed E-state index contributed by atoms with van der Waals surface area (Å²) in [5, 5.41) is 9.82. The van der Waals surface area contributed by atoms with Gasteiger partial charge in [-0.1, -0.05) is 18.2 Å². The summed E-state index contributed by atoms with van der Waals surface area (Å²) in [5.74, 6) is 0.255. The summed E-state index contributed by atoms with van der Waals surface area (Å²) in [6, 6.07) is 10.7. The first-order valence-electron chi connectivity index (χ1n) is 12.4. The summed E-state index contributed by atoms with van der Waals surface area (Å²) in [6.07, 6.45) is 5.83. The number of benzene rings is 1. The summed E-state index contributed by atoms with van der Waals surface area (Å²) >= 11 is 0. The second kappa shape index (κ2) is 8.93. The van der Waals surface area contributed by atoms with Crippen molar-refractivity contribution in [2.45, 2.75) is 57.1 Å². The lowest BCUT2D eigenvalue weighted by Crippen LogP contribution is -2.57. The number of para-hydroxylation sites is 1. The van der Waals surface area contributed by atoms with Crippen LogP contribution in [0, 0.1) is 5.41 Å². The molecule has 32 heavy (non-hydrogen) atoms. The molecule has 1 aromatic rings. The molecule has 3 amide bonds. The van der Waals surface area contributed by atoms with Gasteiger partial charge in [-0.15, -0.1) is 0 Å². The number of anilines is 1. The molecule has 7 nitrogen and oxygen atoms in total. The Balaban J connectivity index is 1.19. The molecule has 1 unspecified atom stereocenters. The monoisotopic (exact) mass is 440 g/mol. The fourth-order valence-electron chi connectivity index (χ4n) is 6.23. The van der Waals surface area contributed by atoms with E-state index in [1.54, 1.807) is 0 Å². The van der Waals surface area contributed by atoms with Crippen molar-refractivity contribution in [2.75, 3.05) is 50.7 Å². The summed E-state index contributed by atoms with van der Waals surface area (Å²) in [5.41, 5.74) is 0.818. The molecule has 174 valence electrons. The van der Waals surface area contributed by atoms with Crippen LogP contribution in [0.5, 0.6) is 0 Å². The lowest BCUT2D eigenvalue weighted by molar-refractivity contribution is -0.141. The van der Waals surface area contributed by atoms with E-state index in [1.807, 2.05) is 15.9 Å². The number of nitrogens with zero attached hydrogens (tertiary/aromatic N) is 4. The van der Waals surface area contributed by atoms with Gasteiger partial charge in [0.1, 0.15) is 0 Å². The molecular formula is C25H36N4O3. The Kier molecular flexibility index (Phi) is 6.01. The van der Waals surface area contributed by atoms with Gasteiger partial charge in [0.2, 0.25) is 5.91 Å². The first-order chi connectivity index (χ1) is 15.6. The van der Waals surface area contributed by atoms with Crippen molar-refractivity contribution in [3.05, 3.63) is 30.3 Å². The van der Waals surface area contributed by atoms with E-state index in [1.165, 1.54) is 5.69 Å². The predicted octanol–water partition coefficient (Wildman–Crippen LogP) is 2.55. The van der Waals surface area contributed by atoms with Gasteiger partial charge < -0.3 is 24.7 Å². The van der Waals surface area contributed by atoms with Crippen LogP contribution in [-0.4, -0.2) is 89.7 Å². The minimum atomic E-state index is -0.393. The molecule has 5 rings (SSSR count). The Morgan fingerprint density at radius 2 is 1.59 bits per heavy atom. The van der Waals surface area contributed by atoms with Crippen molar-refractivity contribution < 1.29 is 14.7 Å². The van der Waals surface area contributed by atoms with Crippen LogP contribution in [0.2, 0.25) is 0 Å². The molecule has 3 aliphatic heterocycles. The third kappa shape index (κ3) is 4.07. The maximum Gasteiger partial charge on any atom is 0.320 e. The van der Waals surface area contributed by atoms with Gasteiger partial charge in [-0.25, -0.2) is 4.79 Å². The van der Waals surface area contributed by atoms with Crippen molar-refractivity contribution in [2.24, 2.45) is 5.41 Å². The zero-order valence-electron chi connectivity index (χ0n) is 19.0. The topological polar surface area (TPSA) is 67.3 Å². The number of piperazine rings is 1. The number of aliphatic hydroxyl groups is 1. The van der Waals surface area contributed by atoms with Crippen molar-refractivity contribution in [3.8, 4) is 0 Å². The molecule has 0 aromatic heterocycles. The maximum absolute atomic E-state index is 13.5. The molecule has 4 fully saturated rings. The standard InChI is InChI=1S/C25H36N4O3/c30-22-9-7-21(8-10-22)29-14-12-25(23(29)31)11-4-13-28(19-25)24(32)27-17-15-26(16-18-27)20-5-2-1-3-6-20/h1-3,5-6,21-22,30H,4,7-19H2. The molecule has 1 atom stereocenters. The fourth-order valence-corrected chi connectivity index (χ4v) is 6.23. The number of urea groups is 1. The number of piperidine rings is 1. The van der Waals surface area contributed by atoms with Crippen molar-refractivity contribution in [1.29, 1.82) is 0 Å². The van der Waals surface area contributed by atoms with Gasteiger partial charge in [0.25, 0.3) is 0 Å². The highest BCUT2D eigenvalue weighted by Gasteiger charge is 2.51. The number of hydrogen-bond donors (Lipinski definition) is 1. The SMILES string of the molecule is O=C(N1CCN(c2ccccc2)CC1)N1CCCC2(CCN(C3CCC(O)CC3)C2=O)C1. The quantitative estimate of drug-likeness (QED) is 0.768. The third-order valence-corrected chi connectivity index (χ3v) is 8.17. The summed E-state index contributed by atoms with van der Waals surface area (Å²) in [6.45, 7) is 5.25. The highest BCUT2D eigenvalue weighted by atomic mass is 16.3. The molecule has 3 heterocycles. The Bertz CT molecular complexity index is 818. The summed E-state index contributed by atoms with van der Waals surface area (Å²) in [7, 11) is 0. The van der Waals surface area contributed by atoms with E-state index in [0.717, 1.165) is 84.2 Å². The van der Waals surface area contributed by atoms with Gasteiger partial charge in [-0.05, 0) is 57.1 Å². The summed E-state index contributed by atoms with van der Waals surface area (Å²) < 4.78 is 0. The minimum absolute atomic E-state index is 0.101. The van der Waals surface area contributed by atoms with Crippen LogP contribution < -0.4 is 4.90 Å². The molecule has 7 heteroatoms. The van der Waals surface area contributed by atoms with Crippen LogP contribution >= 0.6 is 0 Å². The molecule has 1 aromatic carbocycles. The van der Waals surface area contributed by atoms with E-state index in [-0.39, 0.29) is 24.1 Å². The average molecular weight is 441 g/mol. The van der Waals surface area contributed by atoms with E-state index >= 15 is 0 Å². The van der Waals surface area contributed by atoms with E-state index in [0.29, 0.717) is 6.54 Å². The van der Waals surface area contributed by atoms with Gasteiger partial charge in [-0.3, -0.25) is 4.79 Å². The number of carbonyl (C=O) groups is 2. The number of rotatable bonds is 2. The Hall–Kier alpha value is -2.28. The lowest BCUT2D eigenvalue weighted by Gasteiger charge is -2.43. The zero-order chi connectivity index (χ0) is 22.1. The highest BCUT2D eigenvalue weighted by Crippen LogP contribution is 2.42. The largest absolute Gasteiger partial charge is 0.393 e. The minimum Gasteiger partial charge on any atom is -0.393 e. The van der Waals surface area contributed by atoms with E-state index in [4.69, 9.17) is 0 Å². The molecule has 1 aliphatic carbocycles. The molecule has 0 radical (unpaired) electrons. The molecule has 0 bridgehead atoms. The average Bonchev–Trinajstić information content (AvgIpc) is 3.15. The molecule has 1 N–H and O–H groups in total. The first kappa shape index (κ1) is 21.6. The zero-order valence-corrected chi connectivity index (χ0v) is 19.0. The number of carbonyl (C=O) groups excluding carboxylic acids is 2. The summed E-state index contributed by atoms with van der Waals surface area (Å²) in [4.78, 5) is 35.2.